The molecule has 0 radical (unpaired) electrons. The van der Waals surface area contributed by atoms with Crippen LogP contribution in [0, 0.1) is 11.8 Å². The van der Waals surface area contributed by atoms with Crippen molar-refractivity contribution in [3.05, 3.63) is 12.7 Å². The highest BCUT2D eigenvalue weighted by Gasteiger charge is 2.28. The summed E-state index contributed by atoms with van der Waals surface area (Å²) in [5, 5.41) is 0. The van der Waals surface area contributed by atoms with Crippen molar-refractivity contribution in [1.29, 1.82) is 0 Å². The summed E-state index contributed by atoms with van der Waals surface area (Å²) in [6.45, 7) is 11.0. The van der Waals surface area contributed by atoms with E-state index in [-0.39, 0.29) is 5.91 Å². The molecular formula is C12H21NO. The Bertz CT molecular complexity index is 222. The van der Waals surface area contributed by atoms with Gasteiger partial charge in [-0.1, -0.05) is 20.4 Å². The third-order valence-electron chi connectivity index (χ3n) is 3.32. The molecule has 0 aliphatic carbocycles. The molecule has 1 aliphatic heterocycles. The van der Waals surface area contributed by atoms with Gasteiger partial charge in [-0.3, -0.25) is 4.79 Å². The first kappa shape index (κ1) is 11.3. The highest BCUT2D eigenvalue weighted by molar-refractivity contribution is 5.87. The number of nitrogens with zero attached hydrogens (tertiary/aromatic N) is 1. The first-order chi connectivity index (χ1) is 6.56. The number of likely N-dealkylation sites (tertiary alicyclic amines) is 1. The first-order valence-electron chi connectivity index (χ1n) is 5.49. The molecule has 80 valence electrons. The van der Waals surface area contributed by atoms with Gasteiger partial charge < -0.3 is 4.90 Å². The van der Waals surface area contributed by atoms with Gasteiger partial charge in [0.2, 0.25) is 5.91 Å². The van der Waals surface area contributed by atoms with E-state index in [1.807, 2.05) is 4.90 Å². The monoisotopic (exact) mass is 195 g/mol. The van der Waals surface area contributed by atoms with Gasteiger partial charge in [0.05, 0.1) is 0 Å². The highest BCUT2D eigenvalue weighted by atomic mass is 16.2. The SMILES string of the molecule is C=CC(=O)N1C[C@@H](C(C)C)CC[C@@H]1C. The Morgan fingerprint density at radius 1 is 1.50 bits per heavy atom. The molecular weight excluding hydrogens is 174 g/mol. The topological polar surface area (TPSA) is 20.3 Å². The van der Waals surface area contributed by atoms with Crippen molar-refractivity contribution in [1.82, 2.24) is 4.90 Å². The van der Waals surface area contributed by atoms with Crippen LogP contribution in [0.25, 0.3) is 0 Å². The van der Waals surface area contributed by atoms with Crippen LogP contribution in [0.5, 0.6) is 0 Å². The lowest BCUT2D eigenvalue weighted by Gasteiger charge is -2.39. The zero-order valence-corrected chi connectivity index (χ0v) is 9.49. The average molecular weight is 195 g/mol. The summed E-state index contributed by atoms with van der Waals surface area (Å²) < 4.78 is 0. The molecule has 0 spiro atoms. The predicted molar refractivity (Wildman–Crippen MR) is 58.9 cm³/mol. The van der Waals surface area contributed by atoms with E-state index in [2.05, 4.69) is 27.4 Å². The minimum atomic E-state index is 0.0860. The van der Waals surface area contributed by atoms with E-state index in [1.54, 1.807) is 0 Å². The van der Waals surface area contributed by atoms with Gasteiger partial charge in [0.1, 0.15) is 0 Å². The Morgan fingerprint density at radius 2 is 2.14 bits per heavy atom. The van der Waals surface area contributed by atoms with Crippen LogP contribution >= 0.6 is 0 Å². The minimum absolute atomic E-state index is 0.0860. The third kappa shape index (κ3) is 2.37. The Morgan fingerprint density at radius 3 is 2.64 bits per heavy atom. The lowest BCUT2D eigenvalue weighted by molar-refractivity contribution is -0.130. The zero-order chi connectivity index (χ0) is 10.7. The van der Waals surface area contributed by atoms with Crippen molar-refractivity contribution in [3.8, 4) is 0 Å². The van der Waals surface area contributed by atoms with Crippen molar-refractivity contribution < 1.29 is 4.79 Å². The Kier molecular flexibility index (Phi) is 3.73. The number of hydrogen-bond acceptors (Lipinski definition) is 1. The molecule has 1 amide bonds. The molecule has 0 unspecified atom stereocenters. The van der Waals surface area contributed by atoms with E-state index in [0.29, 0.717) is 17.9 Å². The maximum absolute atomic E-state index is 11.6. The maximum atomic E-state index is 11.6. The number of amides is 1. The third-order valence-corrected chi connectivity index (χ3v) is 3.32. The summed E-state index contributed by atoms with van der Waals surface area (Å²) in [6, 6.07) is 0.385. The van der Waals surface area contributed by atoms with Gasteiger partial charge in [-0.05, 0) is 37.7 Å². The summed E-state index contributed by atoms with van der Waals surface area (Å²) in [7, 11) is 0. The molecule has 0 N–H and O–H groups in total. The highest BCUT2D eigenvalue weighted by Crippen LogP contribution is 2.27. The molecule has 2 heteroatoms. The van der Waals surface area contributed by atoms with Gasteiger partial charge in [0, 0.05) is 12.6 Å². The van der Waals surface area contributed by atoms with Crippen molar-refractivity contribution in [2.24, 2.45) is 11.8 Å². The average Bonchev–Trinajstić information content (AvgIpc) is 2.17. The fourth-order valence-corrected chi connectivity index (χ4v) is 2.10. The molecule has 0 bridgehead atoms. The van der Waals surface area contributed by atoms with Crippen molar-refractivity contribution >= 4 is 5.91 Å². The van der Waals surface area contributed by atoms with Gasteiger partial charge in [-0.25, -0.2) is 0 Å². The normalized spacial score (nSPS) is 27.9. The summed E-state index contributed by atoms with van der Waals surface area (Å²) in [5.41, 5.74) is 0. The van der Waals surface area contributed by atoms with E-state index >= 15 is 0 Å². The second-order valence-corrected chi connectivity index (χ2v) is 4.63. The lowest BCUT2D eigenvalue weighted by atomic mass is 9.85. The van der Waals surface area contributed by atoms with E-state index in [4.69, 9.17) is 0 Å². The molecule has 2 atom stereocenters. The summed E-state index contributed by atoms with van der Waals surface area (Å²) in [5.74, 6) is 1.42. The molecule has 1 heterocycles. The van der Waals surface area contributed by atoms with Crippen molar-refractivity contribution in [2.75, 3.05) is 6.54 Å². The molecule has 0 aromatic heterocycles. The van der Waals surface area contributed by atoms with Gasteiger partial charge in [-0.15, -0.1) is 0 Å². The van der Waals surface area contributed by atoms with Crippen molar-refractivity contribution in [2.45, 2.75) is 39.7 Å². The van der Waals surface area contributed by atoms with Crippen LogP contribution in [0.3, 0.4) is 0 Å². The minimum Gasteiger partial charge on any atom is -0.336 e. The Balaban J connectivity index is 2.64. The van der Waals surface area contributed by atoms with Crippen LogP contribution in [0.1, 0.15) is 33.6 Å². The van der Waals surface area contributed by atoms with Crippen LogP contribution in [-0.4, -0.2) is 23.4 Å². The zero-order valence-electron chi connectivity index (χ0n) is 9.49. The molecule has 0 aromatic rings. The van der Waals surface area contributed by atoms with Gasteiger partial charge in [0.15, 0.2) is 0 Å². The van der Waals surface area contributed by atoms with Crippen molar-refractivity contribution in [3.63, 3.8) is 0 Å². The van der Waals surface area contributed by atoms with Crippen LogP contribution < -0.4 is 0 Å². The molecule has 2 nitrogen and oxygen atoms in total. The van der Waals surface area contributed by atoms with Gasteiger partial charge >= 0.3 is 0 Å². The molecule has 0 saturated carbocycles. The molecule has 1 saturated heterocycles. The van der Waals surface area contributed by atoms with Gasteiger partial charge in [-0.2, -0.15) is 0 Å². The standard InChI is InChI=1S/C12H21NO/c1-5-12(14)13-8-11(9(2)3)7-6-10(13)4/h5,9-11H,1,6-8H2,2-4H3/t10-,11-/m0/s1. The maximum Gasteiger partial charge on any atom is 0.246 e. The number of carbonyl (C=O) groups is 1. The summed E-state index contributed by atoms with van der Waals surface area (Å²) >= 11 is 0. The fraction of sp³-hybridized carbons (Fsp3) is 0.750. The fourth-order valence-electron chi connectivity index (χ4n) is 2.10. The number of piperidine rings is 1. The molecule has 1 fully saturated rings. The van der Waals surface area contributed by atoms with E-state index in [0.717, 1.165) is 13.0 Å². The van der Waals surface area contributed by atoms with Gasteiger partial charge in [0.25, 0.3) is 0 Å². The lowest BCUT2D eigenvalue weighted by Crippen LogP contribution is -2.45. The molecule has 14 heavy (non-hydrogen) atoms. The quantitative estimate of drug-likeness (QED) is 0.620. The van der Waals surface area contributed by atoms with Crippen LogP contribution in [0.4, 0.5) is 0 Å². The first-order valence-corrected chi connectivity index (χ1v) is 5.49. The molecule has 1 aliphatic rings. The van der Waals surface area contributed by atoms with Crippen LogP contribution in [0.2, 0.25) is 0 Å². The Hall–Kier alpha value is -0.790. The summed E-state index contributed by atoms with van der Waals surface area (Å²) in [4.78, 5) is 13.5. The summed E-state index contributed by atoms with van der Waals surface area (Å²) in [6.07, 6.45) is 3.81. The second kappa shape index (κ2) is 4.63. The number of hydrogen-bond donors (Lipinski definition) is 0. The largest absolute Gasteiger partial charge is 0.336 e. The Labute approximate surface area is 87.0 Å². The van der Waals surface area contributed by atoms with E-state index in [9.17, 15) is 4.79 Å². The smallest absolute Gasteiger partial charge is 0.246 e. The number of rotatable bonds is 2. The van der Waals surface area contributed by atoms with E-state index < -0.39 is 0 Å². The number of carbonyl (C=O) groups excluding carboxylic acids is 1. The molecule has 0 aromatic carbocycles. The predicted octanol–water partition coefficient (Wildman–Crippen LogP) is 2.46. The second-order valence-electron chi connectivity index (χ2n) is 4.63. The van der Waals surface area contributed by atoms with Crippen LogP contribution in [0.15, 0.2) is 12.7 Å². The molecule has 1 rings (SSSR count). The van der Waals surface area contributed by atoms with E-state index in [1.165, 1.54) is 12.5 Å². The van der Waals surface area contributed by atoms with Crippen LogP contribution in [-0.2, 0) is 4.79 Å².